The molecule has 2 unspecified atom stereocenters. The molecule has 31 heavy (non-hydrogen) atoms. The molecule has 0 fully saturated rings. The van der Waals surface area contributed by atoms with Crippen molar-refractivity contribution < 1.29 is 0 Å². The van der Waals surface area contributed by atoms with E-state index in [9.17, 15) is 0 Å². The van der Waals surface area contributed by atoms with Gasteiger partial charge in [0.15, 0.2) is 0 Å². The van der Waals surface area contributed by atoms with Gasteiger partial charge in [-0.1, -0.05) is 99.8 Å². The molecule has 1 aromatic rings. The highest BCUT2D eigenvalue weighted by atomic mass is 14.2. The summed E-state index contributed by atoms with van der Waals surface area (Å²) in [5.74, 6) is 1.23. The van der Waals surface area contributed by atoms with E-state index >= 15 is 0 Å². The van der Waals surface area contributed by atoms with E-state index in [1.807, 2.05) is 0 Å². The number of allylic oxidation sites excluding steroid dienone is 8. The van der Waals surface area contributed by atoms with Gasteiger partial charge in [-0.25, -0.2) is 0 Å². The lowest BCUT2D eigenvalue weighted by Crippen LogP contribution is -2.05. The molecule has 0 nitrogen and oxygen atoms in total. The maximum Gasteiger partial charge on any atom is 0.00481 e. The van der Waals surface area contributed by atoms with Crippen molar-refractivity contribution in [2.45, 2.75) is 107 Å². The van der Waals surface area contributed by atoms with E-state index in [0.29, 0.717) is 5.92 Å². The third-order valence-electron chi connectivity index (χ3n) is 7.30. The zero-order valence-electron chi connectivity index (χ0n) is 22.2. The molecule has 1 aromatic carbocycles. The van der Waals surface area contributed by atoms with Crippen molar-refractivity contribution in [1.82, 2.24) is 0 Å². The molecule has 0 heterocycles. The van der Waals surface area contributed by atoms with Gasteiger partial charge in [0.05, 0.1) is 0 Å². The standard InChI is InChI=1S/C31H48/c1-11-22(5)17-15-18-28(21-25(8)23(6)12-2)30-19-16-20-31(27(30)10)29(14-4)26(9)24(7)13-3/h15-16,18-22,29H,11-14,17H2,1-10H3/b18-15+,25-23+,26-24-,28-21+. The Hall–Kier alpha value is -1.82. The average molecular weight is 421 g/mol. The molecule has 0 N–H and O–H groups in total. The molecule has 172 valence electrons. The Kier molecular flexibility index (Phi) is 11.9. The van der Waals surface area contributed by atoms with Gasteiger partial charge in [-0.05, 0) is 88.5 Å². The Labute approximate surface area is 194 Å². The summed E-state index contributed by atoms with van der Waals surface area (Å²) in [7, 11) is 0. The second-order valence-corrected chi connectivity index (χ2v) is 9.37. The van der Waals surface area contributed by atoms with E-state index < -0.39 is 0 Å². The van der Waals surface area contributed by atoms with Crippen molar-refractivity contribution >= 4 is 5.57 Å². The van der Waals surface area contributed by atoms with Gasteiger partial charge < -0.3 is 0 Å². The van der Waals surface area contributed by atoms with Crippen LogP contribution in [0.2, 0.25) is 0 Å². The smallest absolute Gasteiger partial charge is 0.00481 e. The maximum atomic E-state index is 2.40. The van der Waals surface area contributed by atoms with Crippen LogP contribution in [0.1, 0.15) is 117 Å². The summed E-state index contributed by atoms with van der Waals surface area (Å²) < 4.78 is 0. The fourth-order valence-corrected chi connectivity index (χ4v) is 4.12. The second kappa shape index (κ2) is 13.6. The van der Waals surface area contributed by atoms with Crippen LogP contribution in [-0.2, 0) is 0 Å². The SMILES string of the molecule is CC/C(C)=C(/C)C(CC)c1cccc(C(/C=C/CC(C)CC)=C/C(C)=C(\C)CC)c1C. The number of benzene rings is 1. The molecule has 0 amide bonds. The minimum Gasteiger partial charge on any atom is -0.0837 e. The summed E-state index contributed by atoms with van der Waals surface area (Å²) >= 11 is 0. The Balaban J connectivity index is 3.59. The summed E-state index contributed by atoms with van der Waals surface area (Å²) in [5, 5.41) is 0. The molecular formula is C31H48. The molecule has 0 aliphatic carbocycles. The van der Waals surface area contributed by atoms with Gasteiger partial charge in [-0.2, -0.15) is 0 Å². The van der Waals surface area contributed by atoms with Crippen molar-refractivity contribution in [3.8, 4) is 0 Å². The molecule has 2 atom stereocenters. The maximum absolute atomic E-state index is 2.40. The highest BCUT2D eigenvalue weighted by Crippen LogP contribution is 2.35. The number of hydrogen-bond donors (Lipinski definition) is 0. The first-order chi connectivity index (χ1) is 14.7. The van der Waals surface area contributed by atoms with E-state index in [1.54, 1.807) is 5.57 Å². The predicted molar refractivity (Wildman–Crippen MR) is 143 cm³/mol. The van der Waals surface area contributed by atoms with Crippen LogP contribution in [0.25, 0.3) is 5.57 Å². The quantitative estimate of drug-likeness (QED) is 0.247. The van der Waals surface area contributed by atoms with Crippen LogP contribution < -0.4 is 0 Å². The molecule has 0 heteroatoms. The van der Waals surface area contributed by atoms with Gasteiger partial charge in [0, 0.05) is 5.92 Å². The Morgan fingerprint density at radius 1 is 0.903 bits per heavy atom. The minimum absolute atomic E-state index is 0.499. The van der Waals surface area contributed by atoms with Gasteiger partial charge in [0.2, 0.25) is 0 Å². The van der Waals surface area contributed by atoms with Crippen LogP contribution in [0.15, 0.2) is 58.7 Å². The van der Waals surface area contributed by atoms with Crippen LogP contribution >= 0.6 is 0 Å². The first kappa shape index (κ1) is 27.2. The lowest BCUT2D eigenvalue weighted by Gasteiger charge is -2.23. The summed E-state index contributed by atoms with van der Waals surface area (Å²) in [5.41, 5.74) is 11.6. The fourth-order valence-electron chi connectivity index (χ4n) is 4.12. The van der Waals surface area contributed by atoms with E-state index in [2.05, 4.69) is 106 Å². The minimum atomic E-state index is 0.499. The van der Waals surface area contributed by atoms with Crippen LogP contribution in [-0.4, -0.2) is 0 Å². The highest BCUT2D eigenvalue weighted by Gasteiger charge is 2.18. The van der Waals surface area contributed by atoms with Crippen molar-refractivity contribution in [3.63, 3.8) is 0 Å². The van der Waals surface area contributed by atoms with E-state index in [1.165, 1.54) is 45.4 Å². The normalized spacial score (nSPS) is 16.3. The van der Waals surface area contributed by atoms with Crippen LogP contribution in [0.3, 0.4) is 0 Å². The van der Waals surface area contributed by atoms with Crippen molar-refractivity contribution in [1.29, 1.82) is 0 Å². The van der Waals surface area contributed by atoms with E-state index in [4.69, 9.17) is 0 Å². The molecule has 1 rings (SSSR count). The second-order valence-electron chi connectivity index (χ2n) is 9.37. The first-order valence-electron chi connectivity index (χ1n) is 12.5. The molecule has 0 aromatic heterocycles. The van der Waals surface area contributed by atoms with Crippen LogP contribution in [0.4, 0.5) is 0 Å². The lowest BCUT2D eigenvalue weighted by molar-refractivity contribution is 0.572. The Morgan fingerprint density at radius 2 is 1.55 bits per heavy atom. The molecule has 0 saturated carbocycles. The average Bonchev–Trinajstić information content (AvgIpc) is 2.78. The Bertz CT molecular complexity index is 826. The first-order valence-corrected chi connectivity index (χ1v) is 12.5. The summed E-state index contributed by atoms with van der Waals surface area (Å²) in [6.07, 6.45) is 12.9. The van der Waals surface area contributed by atoms with Gasteiger partial charge >= 0.3 is 0 Å². The van der Waals surface area contributed by atoms with Crippen LogP contribution in [0, 0.1) is 12.8 Å². The summed E-state index contributed by atoms with van der Waals surface area (Å²) in [6.45, 7) is 22.9. The van der Waals surface area contributed by atoms with E-state index in [-0.39, 0.29) is 0 Å². The summed E-state index contributed by atoms with van der Waals surface area (Å²) in [4.78, 5) is 0. The number of rotatable bonds is 11. The van der Waals surface area contributed by atoms with Crippen LogP contribution in [0.5, 0.6) is 0 Å². The topological polar surface area (TPSA) is 0 Å². The zero-order chi connectivity index (χ0) is 23.6. The predicted octanol–water partition coefficient (Wildman–Crippen LogP) is 10.4. The largest absolute Gasteiger partial charge is 0.0837 e. The zero-order valence-corrected chi connectivity index (χ0v) is 22.2. The molecule has 0 spiro atoms. The molecule has 0 radical (unpaired) electrons. The van der Waals surface area contributed by atoms with Gasteiger partial charge in [0.25, 0.3) is 0 Å². The summed E-state index contributed by atoms with van der Waals surface area (Å²) in [6, 6.07) is 6.92. The third-order valence-corrected chi connectivity index (χ3v) is 7.30. The number of hydrogen-bond acceptors (Lipinski definition) is 0. The molecular weight excluding hydrogens is 372 g/mol. The molecule has 0 saturated heterocycles. The molecule has 0 bridgehead atoms. The fraction of sp³-hybridized carbons (Fsp3) is 0.548. The van der Waals surface area contributed by atoms with Gasteiger partial charge in [-0.15, -0.1) is 0 Å². The molecule has 0 aliphatic heterocycles. The highest BCUT2D eigenvalue weighted by molar-refractivity contribution is 5.78. The lowest BCUT2D eigenvalue weighted by atomic mass is 9.82. The monoisotopic (exact) mass is 420 g/mol. The third kappa shape index (κ3) is 7.67. The van der Waals surface area contributed by atoms with Crippen molar-refractivity contribution in [2.75, 3.05) is 0 Å². The van der Waals surface area contributed by atoms with Crippen molar-refractivity contribution in [3.05, 3.63) is 75.4 Å². The van der Waals surface area contributed by atoms with Gasteiger partial charge in [-0.3, -0.25) is 0 Å². The Morgan fingerprint density at radius 3 is 2.10 bits per heavy atom. The van der Waals surface area contributed by atoms with Crippen molar-refractivity contribution in [2.24, 2.45) is 5.92 Å². The molecule has 0 aliphatic rings. The van der Waals surface area contributed by atoms with Gasteiger partial charge in [0.1, 0.15) is 0 Å². The van der Waals surface area contributed by atoms with E-state index in [0.717, 1.165) is 31.6 Å².